The number of aryl methyl sites for hydroxylation is 1. The van der Waals surface area contributed by atoms with Gasteiger partial charge >= 0.3 is 66.7 Å². The standard InChI is InChI=1S/C7H7AsO.CO2/c1-6-2-4-7(8-9)5-3-6;2-1-3/h2-5H,1H3;. The molecule has 1 rings (SSSR count). The summed E-state index contributed by atoms with van der Waals surface area (Å²) >= 11 is -0.829. The monoisotopic (exact) mass is 226 g/mol. The molecule has 4 heteroatoms. The average molecular weight is 226 g/mol. The van der Waals surface area contributed by atoms with E-state index in [4.69, 9.17) is 9.59 Å². The van der Waals surface area contributed by atoms with E-state index in [1.807, 2.05) is 31.2 Å². The van der Waals surface area contributed by atoms with Crippen LogP contribution in [-0.2, 0) is 13.3 Å². The summed E-state index contributed by atoms with van der Waals surface area (Å²) in [4.78, 5) is 16.2. The van der Waals surface area contributed by atoms with Gasteiger partial charge in [-0.25, -0.2) is 0 Å². The quantitative estimate of drug-likeness (QED) is 0.637. The zero-order chi connectivity index (χ0) is 9.40. The molecule has 0 saturated heterocycles. The van der Waals surface area contributed by atoms with Crippen LogP contribution in [0.25, 0.3) is 0 Å². The van der Waals surface area contributed by atoms with Gasteiger partial charge in [-0.1, -0.05) is 0 Å². The largest absolute Gasteiger partial charge is 0.373 e. The van der Waals surface area contributed by atoms with Gasteiger partial charge in [-0.2, -0.15) is 9.59 Å². The fourth-order valence-electron chi connectivity index (χ4n) is 0.606. The molecule has 0 bridgehead atoms. The van der Waals surface area contributed by atoms with E-state index < -0.39 is 15.7 Å². The minimum atomic E-state index is -0.829. The van der Waals surface area contributed by atoms with Crippen LogP contribution in [-0.4, -0.2) is 21.8 Å². The molecule has 0 heterocycles. The van der Waals surface area contributed by atoms with E-state index in [9.17, 15) is 3.74 Å². The Bertz CT molecular complexity index is 273. The van der Waals surface area contributed by atoms with Gasteiger partial charge in [-0.05, 0) is 0 Å². The van der Waals surface area contributed by atoms with Gasteiger partial charge < -0.3 is 0 Å². The van der Waals surface area contributed by atoms with Crippen LogP contribution in [0.15, 0.2) is 24.3 Å². The Morgan fingerprint density at radius 2 is 1.58 bits per heavy atom. The molecule has 0 radical (unpaired) electrons. The first kappa shape index (κ1) is 11.0. The summed E-state index contributed by atoms with van der Waals surface area (Å²) < 4.78 is 11.3. The van der Waals surface area contributed by atoms with Crippen LogP contribution in [0.1, 0.15) is 5.56 Å². The fourth-order valence-corrected chi connectivity index (χ4v) is 1.17. The Morgan fingerprint density at radius 3 is 1.92 bits per heavy atom. The van der Waals surface area contributed by atoms with Crippen LogP contribution in [0, 0.1) is 6.92 Å². The van der Waals surface area contributed by atoms with Gasteiger partial charge in [-0.3, -0.25) is 0 Å². The minimum absolute atomic E-state index is 0.250. The van der Waals surface area contributed by atoms with Crippen molar-refractivity contribution in [2.24, 2.45) is 0 Å². The molecule has 1 aromatic carbocycles. The molecule has 3 nitrogen and oxygen atoms in total. The van der Waals surface area contributed by atoms with Gasteiger partial charge in [0.15, 0.2) is 0 Å². The molecule has 0 amide bonds. The molecule has 0 saturated carbocycles. The van der Waals surface area contributed by atoms with E-state index >= 15 is 0 Å². The Morgan fingerprint density at radius 1 is 1.17 bits per heavy atom. The van der Waals surface area contributed by atoms with Crippen molar-refractivity contribution < 1.29 is 13.3 Å². The molecule has 0 aliphatic carbocycles. The first-order valence-electron chi connectivity index (χ1n) is 3.14. The van der Waals surface area contributed by atoms with Gasteiger partial charge in [-0.15, -0.1) is 0 Å². The van der Waals surface area contributed by atoms with Crippen molar-refractivity contribution in [3.8, 4) is 0 Å². The first-order chi connectivity index (χ1) is 5.74. The molecule has 0 aliphatic heterocycles. The second-order valence-corrected chi connectivity index (χ2v) is 3.48. The summed E-state index contributed by atoms with van der Waals surface area (Å²) in [5, 5.41) is 0. The van der Waals surface area contributed by atoms with Crippen LogP contribution in [0.2, 0.25) is 0 Å². The molecule has 0 aliphatic rings. The predicted molar refractivity (Wildman–Crippen MR) is 42.3 cm³/mol. The van der Waals surface area contributed by atoms with Crippen molar-refractivity contribution in [3.05, 3.63) is 29.8 Å². The SMILES string of the molecule is Cc1ccc([As]=O)cc1.O=C=O. The van der Waals surface area contributed by atoms with E-state index in [0.29, 0.717) is 0 Å². The van der Waals surface area contributed by atoms with E-state index in [1.165, 1.54) is 5.56 Å². The molecule has 0 fully saturated rings. The number of benzene rings is 1. The number of carbonyl (C=O) groups excluding carboxylic acids is 2. The smallest absolute Gasteiger partial charge is 0.186 e. The van der Waals surface area contributed by atoms with E-state index in [1.54, 1.807) is 0 Å². The van der Waals surface area contributed by atoms with Crippen molar-refractivity contribution in [1.82, 2.24) is 0 Å². The Kier molecular flexibility index (Phi) is 6.08. The third-order valence-electron chi connectivity index (χ3n) is 1.14. The molecule has 0 spiro atoms. The summed E-state index contributed by atoms with van der Waals surface area (Å²) in [7, 11) is 0. The zero-order valence-electron chi connectivity index (χ0n) is 6.48. The Balaban J connectivity index is 0.000000354. The summed E-state index contributed by atoms with van der Waals surface area (Å²) in [5.74, 6) is 0. The normalized spacial score (nSPS) is 8.08. The molecule has 12 heavy (non-hydrogen) atoms. The molecule has 0 N–H and O–H groups in total. The van der Waals surface area contributed by atoms with Crippen molar-refractivity contribution in [2.75, 3.05) is 0 Å². The fraction of sp³-hybridized carbons (Fsp3) is 0.125. The predicted octanol–water partition coefficient (Wildman–Crippen LogP) is 0.0865. The summed E-state index contributed by atoms with van der Waals surface area (Å²) in [6.45, 7) is 2.02. The van der Waals surface area contributed by atoms with Gasteiger partial charge in [0.25, 0.3) is 0 Å². The van der Waals surface area contributed by atoms with Gasteiger partial charge in [0.2, 0.25) is 0 Å². The summed E-state index contributed by atoms with van der Waals surface area (Å²) in [6, 6.07) is 7.76. The summed E-state index contributed by atoms with van der Waals surface area (Å²) in [6.07, 6.45) is 0.250. The van der Waals surface area contributed by atoms with Gasteiger partial charge in [0.1, 0.15) is 0 Å². The topological polar surface area (TPSA) is 51.2 Å². The Hall–Kier alpha value is -1.04. The van der Waals surface area contributed by atoms with Crippen molar-refractivity contribution in [2.45, 2.75) is 6.92 Å². The number of hydrogen-bond donors (Lipinski definition) is 0. The van der Waals surface area contributed by atoms with Crippen molar-refractivity contribution in [1.29, 1.82) is 0 Å². The maximum Gasteiger partial charge on any atom is 0.373 e. The van der Waals surface area contributed by atoms with E-state index in [-0.39, 0.29) is 6.15 Å². The van der Waals surface area contributed by atoms with E-state index in [0.717, 1.165) is 4.35 Å². The van der Waals surface area contributed by atoms with Crippen molar-refractivity contribution >= 4 is 26.2 Å². The van der Waals surface area contributed by atoms with Crippen LogP contribution in [0.4, 0.5) is 0 Å². The first-order valence-corrected chi connectivity index (χ1v) is 4.84. The molecular weight excluding hydrogens is 219 g/mol. The van der Waals surface area contributed by atoms with Gasteiger partial charge in [0.05, 0.1) is 0 Å². The van der Waals surface area contributed by atoms with Crippen LogP contribution >= 0.6 is 0 Å². The summed E-state index contributed by atoms with van der Waals surface area (Å²) in [5.41, 5.74) is 1.22. The molecule has 1 aromatic rings. The third-order valence-corrected chi connectivity index (χ3v) is 2.21. The number of hydrogen-bond acceptors (Lipinski definition) is 3. The molecule has 62 valence electrons. The van der Waals surface area contributed by atoms with Crippen LogP contribution < -0.4 is 4.35 Å². The number of rotatable bonds is 1. The van der Waals surface area contributed by atoms with Crippen LogP contribution in [0.3, 0.4) is 0 Å². The zero-order valence-corrected chi connectivity index (χ0v) is 8.36. The third kappa shape index (κ3) is 4.72. The second-order valence-electron chi connectivity index (χ2n) is 2.01. The van der Waals surface area contributed by atoms with E-state index in [2.05, 4.69) is 0 Å². The molecule has 0 atom stereocenters. The van der Waals surface area contributed by atoms with Crippen molar-refractivity contribution in [3.63, 3.8) is 0 Å². The van der Waals surface area contributed by atoms with Gasteiger partial charge in [0, 0.05) is 0 Å². The maximum absolute atomic E-state index is 10.3. The molecule has 0 aromatic heterocycles. The average Bonchev–Trinajstić information content (AvgIpc) is 2.07. The Labute approximate surface area is 76.7 Å². The minimum Gasteiger partial charge on any atom is -0.186 e. The maximum atomic E-state index is 10.3. The second kappa shape index (κ2) is 6.66. The molecule has 0 unspecified atom stereocenters. The molecular formula is C8H7AsO3. The van der Waals surface area contributed by atoms with Crippen LogP contribution in [0.5, 0.6) is 0 Å².